The third-order valence-electron chi connectivity index (χ3n) is 6.29. The van der Waals surface area contributed by atoms with Crippen molar-refractivity contribution in [2.24, 2.45) is 4.99 Å². The van der Waals surface area contributed by atoms with Crippen LogP contribution in [0.5, 0.6) is 0 Å². The standard InChI is InChI=1S/C24H25N5O4S/c1-24(25-12-17(13-26-24)23(30)31)29-9-8-22-20(14-29)19-11-16(6-7-21(19)27-22)15-4-3-5-18(10-15)28-34(2,32)33/h3-7,10-13,25,27-28H,8-9,14H2,1-2H3,(H,30,31). The molecule has 0 radical (unpaired) electrons. The van der Waals surface area contributed by atoms with Gasteiger partial charge in [0.25, 0.3) is 0 Å². The molecular formula is C24H25N5O4S. The molecule has 0 spiro atoms. The second-order valence-corrected chi connectivity index (χ2v) is 10.5. The Morgan fingerprint density at radius 2 is 2.00 bits per heavy atom. The van der Waals surface area contributed by atoms with Gasteiger partial charge in [-0.05, 0) is 47.9 Å². The van der Waals surface area contributed by atoms with E-state index in [1.807, 2.05) is 37.3 Å². The Balaban J connectivity index is 1.46. The number of fused-ring (bicyclic) bond motifs is 3. The third-order valence-corrected chi connectivity index (χ3v) is 6.90. The number of benzene rings is 2. The van der Waals surface area contributed by atoms with Gasteiger partial charge in [0.1, 0.15) is 0 Å². The molecule has 0 saturated heterocycles. The first kappa shape index (κ1) is 22.2. The number of aromatic amines is 1. The molecule has 2 aliphatic rings. The maximum atomic E-state index is 11.6. The van der Waals surface area contributed by atoms with Crippen molar-refractivity contribution in [2.45, 2.75) is 25.7 Å². The molecule has 1 aromatic heterocycles. The minimum absolute atomic E-state index is 0.125. The quantitative estimate of drug-likeness (QED) is 0.446. The number of carbonyl (C=O) groups is 1. The predicted octanol–water partition coefficient (Wildman–Crippen LogP) is 2.88. The molecule has 0 fully saturated rings. The van der Waals surface area contributed by atoms with Crippen LogP contribution in [0.2, 0.25) is 0 Å². The Labute approximate surface area is 197 Å². The summed E-state index contributed by atoms with van der Waals surface area (Å²) >= 11 is 0. The molecule has 3 aromatic rings. The molecule has 9 nitrogen and oxygen atoms in total. The molecule has 1 unspecified atom stereocenters. The summed E-state index contributed by atoms with van der Waals surface area (Å²) in [5, 5.41) is 13.4. The summed E-state index contributed by atoms with van der Waals surface area (Å²) in [6, 6.07) is 13.5. The highest BCUT2D eigenvalue weighted by atomic mass is 32.2. The van der Waals surface area contributed by atoms with Crippen molar-refractivity contribution >= 4 is 38.8 Å². The molecule has 0 amide bonds. The van der Waals surface area contributed by atoms with Gasteiger partial charge in [0.2, 0.25) is 10.0 Å². The van der Waals surface area contributed by atoms with Crippen LogP contribution < -0.4 is 10.0 Å². The van der Waals surface area contributed by atoms with Crippen LogP contribution in [-0.4, -0.2) is 54.2 Å². The summed E-state index contributed by atoms with van der Waals surface area (Å²) in [6.07, 6.45) is 4.85. The summed E-state index contributed by atoms with van der Waals surface area (Å²) < 4.78 is 25.8. The van der Waals surface area contributed by atoms with E-state index in [2.05, 4.69) is 31.0 Å². The van der Waals surface area contributed by atoms with Gasteiger partial charge < -0.3 is 15.4 Å². The first-order valence-electron chi connectivity index (χ1n) is 10.8. The number of nitrogens with one attached hydrogen (secondary N) is 3. The number of hydrogen-bond acceptors (Lipinski definition) is 6. The average Bonchev–Trinajstić information content (AvgIpc) is 3.15. The topological polar surface area (TPSA) is 127 Å². The highest BCUT2D eigenvalue weighted by Gasteiger charge is 2.35. The molecule has 176 valence electrons. The van der Waals surface area contributed by atoms with E-state index in [9.17, 15) is 18.3 Å². The number of sulfonamides is 1. The van der Waals surface area contributed by atoms with Crippen molar-refractivity contribution in [3.63, 3.8) is 0 Å². The number of carboxylic acids is 1. The number of H-pyrrole nitrogens is 1. The molecule has 34 heavy (non-hydrogen) atoms. The maximum absolute atomic E-state index is 11.6. The summed E-state index contributed by atoms with van der Waals surface area (Å²) in [7, 11) is -3.36. The normalized spacial score (nSPS) is 20.5. The number of hydrogen-bond donors (Lipinski definition) is 4. The summed E-state index contributed by atoms with van der Waals surface area (Å²) in [4.78, 5) is 21.4. The maximum Gasteiger partial charge on any atom is 0.338 e. The van der Waals surface area contributed by atoms with Crippen molar-refractivity contribution in [3.05, 3.63) is 65.5 Å². The second-order valence-electron chi connectivity index (χ2n) is 8.80. The van der Waals surface area contributed by atoms with Crippen LogP contribution in [0.15, 0.2) is 59.2 Å². The number of aliphatic carboxylic acids is 1. The Kier molecular flexibility index (Phi) is 5.22. The van der Waals surface area contributed by atoms with E-state index in [1.54, 1.807) is 6.07 Å². The fraction of sp³-hybridized carbons (Fsp3) is 0.250. The minimum atomic E-state index is -3.36. The predicted molar refractivity (Wildman–Crippen MR) is 132 cm³/mol. The SMILES string of the molecule is CC1(N2CCc3[nH]c4ccc(-c5cccc(NS(C)(=O)=O)c5)cc4c3C2)N=CC(C(=O)O)=CN1. The van der Waals surface area contributed by atoms with Crippen molar-refractivity contribution in [3.8, 4) is 11.1 Å². The van der Waals surface area contributed by atoms with Gasteiger partial charge in [-0.25, -0.2) is 18.2 Å². The fourth-order valence-corrected chi connectivity index (χ4v) is 5.07. The van der Waals surface area contributed by atoms with Crippen LogP contribution in [0.3, 0.4) is 0 Å². The second kappa shape index (κ2) is 8.00. The van der Waals surface area contributed by atoms with Gasteiger partial charge in [-0.1, -0.05) is 18.2 Å². The molecule has 1 atom stereocenters. The zero-order chi connectivity index (χ0) is 24.1. The largest absolute Gasteiger partial charge is 0.478 e. The molecule has 2 aliphatic heterocycles. The van der Waals surface area contributed by atoms with E-state index in [0.29, 0.717) is 12.2 Å². The molecule has 0 aliphatic carbocycles. The lowest BCUT2D eigenvalue weighted by atomic mass is 9.99. The number of aliphatic imine (C=N–C) groups is 1. The van der Waals surface area contributed by atoms with Gasteiger partial charge in [0.05, 0.1) is 11.8 Å². The van der Waals surface area contributed by atoms with Crippen LogP contribution >= 0.6 is 0 Å². The van der Waals surface area contributed by atoms with Gasteiger partial charge >= 0.3 is 5.97 Å². The molecule has 0 bridgehead atoms. The number of rotatable bonds is 5. The Bertz CT molecular complexity index is 1470. The lowest BCUT2D eigenvalue weighted by molar-refractivity contribution is -0.132. The highest BCUT2D eigenvalue weighted by Crippen LogP contribution is 2.34. The zero-order valence-corrected chi connectivity index (χ0v) is 19.6. The number of anilines is 1. The van der Waals surface area contributed by atoms with Crippen LogP contribution in [0.4, 0.5) is 5.69 Å². The van der Waals surface area contributed by atoms with E-state index < -0.39 is 21.8 Å². The molecule has 4 N–H and O–H groups in total. The Morgan fingerprint density at radius 1 is 1.21 bits per heavy atom. The molecule has 3 heterocycles. The lowest BCUT2D eigenvalue weighted by Gasteiger charge is -2.41. The van der Waals surface area contributed by atoms with Crippen LogP contribution in [0.25, 0.3) is 22.0 Å². The zero-order valence-electron chi connectivity index (χ0n) is 18.8. The molecule has 10 heteroatoms. The van der Waals surface area contributed by atoms with Gasteiger partial charge in [-0.15, -0.1) is 0 Å². The van der Waals surface area contributed by atoms with Gasteiger partial charge in [-0.3, -0.25) is 9.62 Å². The molecular weight excluding hydrogens is 454 g/mol. The van der Waals surface area contributed by atoms with E-state index in [4.69, 9.17) is 0 Å². The summed E-state index contributed by atoms with van der Waals surface area (Å²) in [5.41, 5.74) is 5.94. The van der Waals surface area contributed by atoms with Crippen molar-refractivity contribution < 1.29 is 18.3 Å². The average molecular weight is 480 g/mol. The van der Waals surface area contributed by atoms with Crippen molar-refractivity contribution in [2.75, 3.05) is 17.5 Å². The first-order chi connectivity index (χ1) is 16.1. The summed E-state index contributed by atoms with van der Waals surface area (Å²) in [5.74, 6) is -1.75. The number of carboxylic acid groups (broad SMARTS) is 1. The number of aromatic nitrogens is 1. The highest BCUT2D eigenvalue weighted by molar-refractivity contribution is 7.92. The van der Waals surface area contributed by atoms with E-state index >= 15 is 0 Å². The smallest absolute Gasteiger partial charge is 0.338 e. The Morgan fingerprint density at radius 3 is 2.71 bits per heavy atom. The molecule has 2 aromatic carbocycles. The first-order valence-corrected chi connectivity index (χ1v) is 12.7. The van der Waals surface area contributed by atoms with E-state index in [0.717, 1.165) is 41.3 Å². The van der Waals surface area contributed by atoms with Crippen molar-refractivity contribution in [1.82, 2.24) is 15.2 Å². The van der Waals surface area contributed by atoms with Crippen LogP contribution in [-0.2, 0) is 27.8 Å². The van der Waals surface area contributed by atoms with E-state index in [1.165, 1.54) is 23.7 Å². The molecule has 0 saturated carbocycles. The Hall–Kier alpha value is -3.63. The van der Waals surface area contributed by atoms with Gasteiger partial charge in [-0.2, -0.15) is 0 Å². The van der Waals surface area contributed by atoms with Crippen LogP contribution in [0, 0.1) is 0 Å². The lowest BCUT2D eigenvalue weighted by Crippen LogP contribution is -2.56. The molecule has 5 rings (SSSR count). The third kappa shape index (κ3) is 4.17. The number of nitrogens with zero attached hydrogens (tertiary/aromatic N) is 2. The minimum Gasteiger partial charge on any atom is -0.478 e. The van der Waals surface area contributed by atoms with Gasteiger partial charge in [0, 0.05) is 54.2 Å². The van der Waals surface area contributed by atoms with Crippen molar-refractivity contribution in [1.29, 1.82) is 0 Å². The van der Waals surface area contributed by atoms with Crippen LogP contribution in [0.1, 0.15) is 18.2 Å². The van der Waals surface area contributed by atoms with Gasteiger partial charge in [0.15, 0.2) is 5.79 Å². The fourth-order valence-electron chi connectivity index (χ4n) is 4.52. The summed E-state index contributed by atoms with van der Waals surface area (Å²) in [6.45, 7) is 3.35. The monoisotopic (exact) mass is 479 g/mol. The van der Waals surface area contributed by atoms with E-state index in [-0.39, 0.29) is 5.57 Å².